The second kappa shape index (κ2) is 8.08. The molecule has 29 heavy (non-hydrogen) atoms. The molecule has 152 valence electrons. The zero-order valence-electron chi connectivity index (χ0n) is 16.2. The van der Waals surface area contributed by atoms with Gasteiger partial charge in [0.05, 0.1) is 17.2 Å². The predicted molar refractivity (Wildman–Crippen MR) is 108 cm³/mol. The molecule has 0 aliphatic rings. The third-order valence-electron chi connectivity index (χ3n) is 4.68. The number of hydrogen-bond acceptors (Lipinski definition) is 4. The van der Waals surface area contributed by atoms with E-state index in [0.29, 0.717) is 11.3 Å². The lowest BCUT2D eigenvalue weighted by molar-refractivity contribution is 0.0726. The maximum atomic E-state index is 13.1. The summed E-state index contributed by atoms with van der Waals surface area (Å²) in [5.41, 5.74) is 0.944. The minimum atomic E-state index is -3.96. The Morgan fingerprint density at radius 3 is 2.45 bits per heavy atom. The molecule has 0 aliphatic heterocycles. The lowest BCUT2D eigenvalue weighted by atomic mass is 10.1. The number of aryl methyl sites for hydroxylation is 1. The number of nitrogens with one attached hydrogen (secondary N) is 1. The molecular weight excluding hydrogens is 395 g/mol. The van der Waals surface area contributed by atoms with Crippen LogP contribution in [0.4, 0.5) is 10.1 Å². The summed E-state index contributed by atoms with van der Waals surface area (Å²) in [5, 5.41) is 0. The fourth-order valence-corrected chi connectivity index (χ4v) is 4.18. The zero-order chi connectivity index (χ0) is 21.2. The van der Waals surface area contributed by atoms with Crippen LogP contribution in [0.2, 0.25) is 0 Å². The molecule has 1 unspecified atom stereocenters. The van der Waals surface area contributed by atoms with Crippen molar-refractivity contribution in [3.63, 3.8) is 0 Å². The molecule has 8 heteroatoms. The molecule has 0 bridgehead atoms. The van der Waals surface area contributed by atoms with Crippen molar-refractivity contribution >= 4 is 21.6 Å². The van der Waals surface area contributed by atoms with Crippen molar-refractivity contribution in [3.8, 4) is 0 Å². The number of benzene rings is 2. The van der Waals surface area contributed by atoms with Crippen LogP contribution in [0.25, 0.3) is 0 Å². The number of hydrogen-bond donors (Lipinski definition) is 1. The number of rotatable bonds is 6. The molecule has 3 rings (SSSR count). The fourth-order valence-electron chi connectivity index (χ4n) is 2.85. The molecular formula is C21H21FN2O4S. The first-order chi connectivity index (χ1) is 13.7. The second-order valence-corrected chi connectivity index (χ2v) is 8.35. The van der Waals surface area contributed by atoms with Gasteiger partial charge in [-0.3, -0.25) is 9.52 Å². The summed E-state index contributed by atoms with van der Waals surface area (Å²) in [4.78, 5) is 14.4. The highest BCUT2D eigenvalue weighted by Gasteiger charge is 2.24. The Bertz CT molecular complexity index is 1110. The number of anilines is 1. The molecule has 0 fully saturated rings. The van der Waals surface area contributed by atoms with Crippen molar-refractivity contribution < 1.29 is 22.0 Å². The van der Waals surface area contributed by atoms with Gasteiger partial charge in [-0.2, -0.15) is 0 Å². The average Bonchev–Trinajstić information content (AvgIpc) is 3.23. The molecule has 0 saturated heterocycles. The lowest BCUT2D eigenvalue weighted by Gasteiger charge is -2.23. The molecule has 1 atom stereocenters. The Balaban J connectivity index is 1.89. The van der Waals surface area contributed by atoms with E-state index in [2.05, 4.69) is 4.72 Å². The monoisotopic (exact) mass is 416 g/mol. The first kappa shape index (κ1) is 20.6. The van der Waals surface area contributed by atoms with E-state index >= 15 is 0 Å². The Morgan fingerprint density at radius 2 is 1.83 bits per heavy atom. The van der Waals surface area contributed by atoms with Gasteiger partial charge in [0, 0.05) is 18.3 Å². The van der Waals surface area contributed by atoms with Gasteiger partial charge in [0.2, 0.25) is 0 Å². The van der Waals surface area contributed by atoms with Gasteiger partial charge >= 0.3 is 0 Å². The molecule has 1 heterocycles. The third-order valence-corrected chi connectivity index (χ3v) is 6.20. The number of carbonyl (C=O) groups excluding carboxylic acids is 1. The van der Waals surface area contributed by atoms with Gasteiger partial charge in [-0.05, 0) is 67.9 Å². The largest absolute Gasteiger partial charge is 0.467 e. The highest BCUT2D eigenvalue weighted by Crippen LogP contribution is 2.24. The molecule has 0 spiro atoms. The van der Waals surface area contributed by atoms with E-state index in [1.807, 2.05) is 6.92 Å². The van der Waals surface area contributed by atoms with Gasteiger partial charge in [0.25, 0.3) is 15.9 Å². The van der Waals surface area contributed by atoms with Crippen molar-refractivity contribution in [1.29, 1.82) is 0 Å². The van der Waals surface area contributed by atoms with Gasteiger partial charge in [-0.25, -0.2) is 12.8 Å². The number of halogens is 1. The van der Waals surface area contributed by atoms with Crippen LogP contribution in [0.5, 0.6) is 0 Å². The van der Waals surface area contributed by atoms with Crippen LogP contribution in [-0.2, 0) is 10.0 Å². The Morgan fingerprint density at radius 1 is 1.14 bits per heavy atom. The Kier molecular flexibility index (Phi) is 5.74. The standard InChI is InChI=1S/C21H21FN2O4S/c1-14-6-7-16(21(25)24(3)15(2)19-5-4-12-28-19)13-20(14)29(26,27)23-18-10-8-17(22)9-11-18/h4-13,15,23H,1-3H3. The van der Waals surface area contributed by atoms with Crippen molar-refractivity contribution in [2.75, 3.05) is 11.8 Å². The Labute approximate surface area is 169 Å². The molecule has 2 aromatic carbocycles. The minimum absolute atomic E-state index is 0.0215. The highest BCUT2D eigenvalue weighted by molar-refractivity contribution is 7.92. The fraction of sp³-hybridized carbons (Fsp3) is 0.190. The summed E-state index contributed by atoms with van der Waals surface area (Å²) in [6.07, 6.45) is 1.53. The van der Waals surface area contributed by atoms with E-state index in [1.165, 1.54) is 29.4 Å². The topological polar surface area (TPSA) is 79.6 Å². The molecule has 0 radical (unpaired) electrons. The van der Waals surface area contributed by atoms with Crippen molar-refractivity contribution in [2.45, 2.75) is 24.8 Å². The molecule has 1 aromatic heterocycles. The van der Waals surface area contributed by atoms with Gasteiger partial charge in [0.15, 0.2) is 0 Å². The molecule has 6 nitrogen and oxygen atoms in total. The molecule has 0 saturated carbocycles. The van der Waals surface area contributed by atoms with Crippen LogP contribution in [-0.4, -0.2) is 26.3 Å². The van der Waals surface area contributed by atoms with Crippen LogP contribution >= 0.6 is 0 Å². The maximum Gasteiger partial charge on any atom is 0.262 e. The van der Waals surface area contributed by atoms with Gasteiger partial charge in [-0.15, -0.1) is 0 Å². The van der Waals surface area contributed by atoms with Crippen molar-refractivity contribution in [3.05, 3.63) is 83.6 Å². The maximum absolute atomic E-state index is 13.1. The van der Waals surface area contributed by atoms with Gasteiger partial charge in [0.1, 0.15) is 11.6 Å². The van der Waals surface area contributed by atoms with E-state index in [9.17, 15) is 17.6 Å². The van der Waals surface area contributed by atoms with E-state index in [4.69, 9.17) is 4.42 Å². The molecule has 1 N–H and O–H groups in total. The van der Waals surface area contributed by atoms with Crippen molar-refractivity contribution in [2.24, 2.45) is 0 Å². The SMILES string of the molecule is Cc1ccc(C(=O)N(C)C(C)c2ccco2)cc1S(=O)(=O)Nc1ccc(F)cc1. The molecule has 0 aliphatic carbocycles. The van der Waals surface area contributed by atoms with Crippen LogP contribution < -0.4 is 4.72 Å². The zero-order valence-corrected chi connectivity index (χ0v) is 17.0. The third kappa shape index (κ3) is 4.48. The number of furan rings is 1. The number of carbonyl (C=O) groups is 1. The number of sulfonamides is 1. The first-order valence-electron chi connectivity index (χ1n) is 8.88. The second-order valence-electron chi connectivity index (χ2n) is 6.70. The normalized spacial score (nSPS) is 12.4. The van der Waals surface area contributed by atoms with Crippen LogP contribution in [0.1, 0.15) is 34.6 Å². The smallest absolute Gasteiger partial charge is 0.262 e. The van der Waals surface area contributed by atoms with Gasteiger partial charge < -0.3 is 9.32 Å². The van der Waals surface area contributed by atoms with E-state index < -0.39 is 15.8 Å². The number of amides is 1. The summed E-state index contributed by atoms with van der Waals surface area (Å²) in [6.45, 7) is 3.46. The van der Waals surface area contributed by atoms with Crippen LogP contribution in [0.3, 0.4) is 0 Å². The van der Waals surface area contributed by atoms with E-state index in [-0.39, 0.29) is 28.1 Å². The lowest BCUT2D eigenvalue weighted by Crippen LogP contribution is -2.29. The predicted octanol–water partition coefficient (Wildman–Crippen LogP) is 4.36. The Hall–Kier alpha value is -3.13. The quantitative estimate of drug-likeness (QED) is 0.647. The number of nitrogens with zero attached hydrogens (tertiary/aromatic N) is 1. The summed E-state index contributed by atoms with van der Waals surface area (Å²) >= 11 is 0. The average molecular weight is 416 g/mol. The van der Waals surface area contributed by atoms with E-state index in [1.54, 1.807) is 38.2 Å². The molecule has 1 amide bonds. The summed E-state index contributed by atoms with van der Waals surface area (Å²) in [7, 11) is -2.34. The van der Waals surface area contributed by atoms with Crippen LogP contribution in [0, 0.1) is 12.7 Å². The summed E-state index contributed by atoms with van der Waals surface area (Å²) < 4.78 is 46.5. The van der Waals surface area contributed by atoms with Crippen LogP contribution in [0.15, 0.2) is 70.2 Å². The van der Waals surface area contributed by atoms with Gasteiger partial charge in [-0.1, -0.05) is 6.07 Å². The summed E-state index contributed by atoms with van der Waals surface area (Å²) in [6, 6.07) is 12.7. The first-order valence-corrected chi connectivity index (χ1v) is 10.4. The highest BCUT2D eigenvalue weighted by atomic mass is 32.2. The van der Waals surface area contributed by atoms with Crippen molar-refractivity contribution in [1.82, 2.24) is 4.90 Å². The molecule has 3 aromatic rings. The summed E-state index contributed by atoms with van der Waals surface area (Å²) in [5.74, 6) is -0.184. The van der Waals surface area contributed by atoms with E-state index in [0.717, 1.165) is 12.1 Å². The minimum Gasteiger partial charge on any atom is -0.467 e.